The number of furan rings is 1. The van der Waals surface area contributed by atoms with Crippen LogP contribution in [-0.4, -0.2) is 47.8 Å². The first kappa shape index (κ1) is 19.1. The lowest BCUT2D eigenvalue weighted by Gasteiger charge is -2.33. The second-order valence-corrected chi connectivity index (χ2v) is 7.67. The molecule has 1 aliphatic rings. The van der Waals surface area contributed by atoms with Crippen LogP contribution in [0, 0.1) is 0 Å². The summed E-state index contributed by atoms with van der Waals surface area (Å²) in [6.07, 6.45) is 3.50. The Labute approximate surface area is 180 Å². The van der Waals surface area contributed by atoms with Crippen LogP contribution in [0.2, 0.25) is 0 Å². The Morgan fingerprint density at radius 3 is 2.26 bits per heavy atom. The molecule has 0 atom stereocenters. The summed E-state index contributed by atoms with van der Waals surface area (Å²) in [6, 6.07) is 23.6. The maximum Gasteiger partial charge on any atom is 0.289 e. The Kier molecular flexibility index (Phi) is 5.00. The molecule has 4 aromatic rings. The number of benzene rings is 3. The van der Waals surface area contributed by atoms with Crippen LogP contribution in [0.5, 0.6) is 0 Å². The van der Waals surface area contributed by atoms with E-state index < -0.39 is 0 Å². The molecule has 5 heteroatoms. The second kappa shape index (κ2) is 8.11. The summed E-state index contributed by atoms with van der Waals surface area (Å²) >= 11 is 0. The van der Waals surface area contributed by atoms with Gasteiger partial charge >= 0.3 is 0 Å². The molecule has 1 aliphatic heterocycles. The number of para-hydroxylation sites is 1. The van der Waals surface area contributed by atoms with Crippen molar-refractivity contribution in [1.82, 2.24) is 9.80 Å². The van der Waals surface area contributed by atoms with Crippen molar-refractivity contribution in [1.29, 1.82) is 0 Å². The summed E-state index contributed by atoms with van der Waals surface area (Å²) in [4.78, 5) is 29.0. The molecule has 154 valence electrons. The van der Waals surface area contributed by atoms with E-state index in [1.54, 1.807) is 21.9 Å². The number of rotatable bonds is 3. The molecule has 5 nitrogen and oxygen atoms in total. The molecule has 0 bridgehead atoms. The number of nitrogens with zero attached hydrogens (tertiary/aromatic N) is 2. The fourth-order valence-electron chi connectivity index (χ4n) is 4.04. The molecule has 0 radical (unpaired) electrons. The first-order chi connectivity index (χ1) is 15.2. The highest BCUT2D eigenvalue weighted by atomic mass is 16.3. The zero-order valence-corrected chi connectivity index (χ0v) is 17.0. The third-order valence-electron chi connectivity index (χ3n) is 5.74. The molecule has 5 rings (SSSR count). The molecule has 31 heavy (non-hydrogen) atoms. The number of amides is 2. The molecule has 2 amide bonds. The third-order valence-corrected chi connectivity index (χ3v) is 5.74. The van der Waals surface area contributed by atoms with Crippen LogP contribution >= 0.6 is 0 Å². The number of hydrogen-bond donors (Lipinski definition) is 0. The quantitative estimate of drug-likeness (QED) is 0.465. The van der Waals surface area contributed by atoms with Gasteiger partial charge in [-0.2, -0.15) is 0 Å². The molecule has 3 aromatic carbocycles. The van der Waals surface area contributed by atoms with Crippen molar-refractivity contribution in [3.05, 3.63) is 90.2 Å². The normalized spacial score (nSPS) is 14.6. The van der Waals surface area contributed by atoms with Gasteiger partial charge in [-0.3, -0.25) is 9.59 Å². The van der Waals surface area contributed by atoms with E-state index in [9.17, 15) is 9.59 Å². The first-order valence-corrected chi connectivity index (χ1v) is 10.4. The topological polar surface area (TPSA) is 53.8 Å². The number of hydrogen-bond acceptors (Lipinski definition) is 3. The maximum absolute atomic E-state index is 12.8. The standard InChI is InChI=1S/C26H22N2O3/c29-25(13-12-20-9-5-8-19-6-1-3-10-22(19)20)27-14-16-28(17-15-27)26(30)24-18-21-7-2-4-11-23(21)31-24/h1-13,18H,14-17H2/b13-12+. The zero-order valence-electron chi connectivity index (χ0n) is 17.0. The number of piperazine rings is 1. The van der Waals surface area contributed by atoms with E-state index in [1.807, 2.05) is 54.6 Å². The summed E-state index contributed by atoms with van der Waals surface area (Å²) in [5, 5.41) is 3.18. The highest BCUT2D eigenvalue weighted by Gasteiger charge is 2.26. The van der Waals surface area contributed by atoms with Crippen molar-refractivity contribution in [3.63, 3.8) is 0 Å². The fraction of sp³-hybridized carbons (Fsp3) is 0.154. The van der Waals surface area contributed by atoms with E-state index in [2.05, 4.69) is 18.2 Å². The molecule has 2 heterocycles. The van der Waals surface area contributed by atoms with Gasteiger partial charge in [0.2, 0.25) is 5.91 Å². The molecule has 1 aromatic heterocycles. The lowest BCUT2D eigenvalue weighted by atomic mass is 10.0. The number of carbonyl (C=O) groups is 2. The lowest BCUT2D eigenvalue weighted by Crippen LogP contribution is -2.50. The largest absolute Gasteiger partial charge is 0.451 e. The molecule has 0 spiro atoms. The van der Waals surface area contributed by atoms with Gasteiger partial charge in [0.15, 0.2) is 5.76 Å². The van der Waals surface area contributed by atoms with Crippen LogP contribution in [0.4, 0.5) is 0 Å². The van der Waals surface area contributed by atoms with Gasteiger partial charge < -0.3 is 14.2 Å². The summed E-state index contributed by atoms with van der Waals surface area (Å²) in [5.74, 6) is 0.176. The highest BCUT2D eigenvalue weighted by Crippen LogP contribution is 2.21. The minimum Gasteiger partial charge on any atom is -0.451 e. The van der Waals surface area contributed by atoms with Crippen molar-refractivity contribution in [3.8, 4) is 0 Å². The molecule has 1 fully saturated rings. The van der Waals surface area contributed by atoms with Gasteiger partial charge in [-0.15, -0.1) is 0 Å². The predicted molar refractivity (Wildman–Crippen MR) is 122 cm³/mol. The van der Waals surface area contributed by atoms with Gasteiger partial charge in [0, 0.05) is 37.6 Å². The molecule has 0 N–H and O–H groups in total. The Morgan fingerprint density at radius 2 is 1.45 bits per heavy atom. The molecular formula is C26H22N2O3. The molecular weight excluding hydrogens is 388 g/mol. The molecule has 1 saturated heterocycles. The van der Waals surface area contributed by atoms with Crippen LogP contribution in [-0.2, 0) is 4.79 Å². The van der Waals surface area contributed by atoms with Gasteiger partial charge in [-0.1, -0.05) is 60.7 Å². The van der Waals surface area contributed by atoms with E-state index >= 15 is 0 Å². The number of fused-ring (bicyclic) bond motifs is 2. The van der Waals surface area contributed by atoms with E-state index in [1.165, 1.54) is 0 Å². The van der Waals surface area contributed by atoms with Gasteiger partial charge in [0.1, 0.15) is 5.58 Å². The molecule has 0 saturated carbocycles. The summed E-state index contributed by atoms with van der Waals surface area (Å²) in [6.45, 7) is 1.99. The van der Waals surface area contributed by atoms with Gasteiger partial charge in [0.05, 0.1) is 0 Å². The van der Waals surface area contributed by atoms with E-state index in [0.717, 1.165) is 21.7 Å². The summed E-state index contributed by atoms with van der Waals surface area (Å²) in [5.41, 5.74) is 1.73. The van der Waals surface area contributed by atoms with E-state index in [-0.39, 0.29) is 11.8 Å². The van der Waals surface area contributed by atoms with Crippen LogP contribution in [0.3, 0.4) is 0 Å². The SMILES string of the molecule is O=C(/C=C/c1cccc2ccccc12)N1CCN(C(=O)c2cc3ccccc3o2)CC1. The second-order valence-electron chi connectivity index (χ2n) is 7.67. The van der Waals surface area contributed by atoms with E-state index in [4.69, 9.17) is 4.42 Å². The van der Waals surface area contributed by atoms with Gasteiger partial charge in [0.25, 0.3) is 5.91 Å². The van der Waals surface area contributed by atoms with Crippen LogP contribution in [0.25, 0.3) is 27.8 Å². The summed E-state index contributed by atoms with van der Waals surface area (Å²) < 4.78 is 5.70. The highest BCUT2D eigenvalue weighted by molar-refractivity contribution is 5.98. The van der Waals surface area contributed by atoms with Gasteiger partial charge in [-0.25, -0.2) is 0 Å². The van der Waals surface area contributed by atoms with Crippen molar-refractivity contribution in [2.45, 2.75) is 0 Å². The average molecular weight is 410 g/mol. The molecule has 0 aliphatic carbocycles. The Morgan fingerprint density at radius 1 is 0.774 bits per heavy atom. The van der Waals surface area contributed by atoms with Crippen LogP contribution in [0.1, 0.15) is 16.1 Å². The van der Waals surface area contributed by atoms with Gasteiger partial charge in [-0.05, 0) is 34.5 Å². The van der Waals surface area contributed by atoms with E-state index in [0.29, 0.717) is 37.5 Å². The number of carbonyl (C=O) groups excluding carboxylic acids is 2. The zero-order chi connectivity index (χ0) is 21.2. The Hall–Kier alpha value is -3.86. The third kappa shape index (κ3) is 3.82. The van der Waals surface area contributed by atoms with Crippen molar-refractivity contribution in [2.24, 2.45) is 0 Å². The van der Waals surface area contributed by atoms with Crippen LogP contribution < -0.4 is 0 Å². The van der Waals surface area contributed by atoms with Crippen molar-refractivity contribution < 1.29 is 14.0 Å². The lowest BCUT2D eigenvalue weighted by molar-refractivity contribution is -0.127. The van der Waals surface area contributed by atoms with Crippen molar-refractivity contribution in [2.75, 3.05) is 26.2 Å². The first-order valence-electron chi connectivity index (χ1n) is 10.4. The maximum atomic E-state index is 12.8. The predicted octanol–water partition coefficient (Wildman–Crippen LogP) is 4.58. The fourth-order valence-corrected chi connectivity index (χ4v) is 4.04. The summed E-state index contributed by atoms with van der Waals surface area (Å²) in [7, 11) is 0. The smallest absolute Gasteiger partial charge is 0.289 e. The minimum absolute atomic E-state index is 0.0382. The monoisotopic (exact) mass is 410 g/mol. The van der Waals surface area contributed by atoms with Crippen LogP contribution in [0.15, 0.2) is 83.3 Å². The average Bonchev–Trinajstić information content (AvgIpc) is 3.26. The minimum atomic E-state index is -0.130. The molecule has 0 unspecified atom stereocenters. The Balaban J connectivity index is 1.23. The Bertz CT molecular complexity index is 1260. The van der Waals surface area contributed by atoms with Crippen molar-refractivity contribution >= 4 is 39.6 Å².